The standard InChI is InChI=1S/C12H25NO/c1-10(2)7-6-8-11(14)13-9-12(3,4)5/h10H,6-9H2,1-5H3,(H,13,14). The zero-order valence-corrected chi connectivity index (χ0v) is 10.3. The van der Waals surface area contributed by atoms with Gasteiger partial charge in [0.25, 0.3) is 0 Å². The summed E-state index contributed by atoms with van der Waals surface area (Å²) < 4.78 is 0. The number of nitrogens with one attached hydrogen (secondary N) is 1. The van der Waals surface area contributed by atoms with Crippen LogP contribution < -0.4 is 5.32 Å². The van der Waals surface area contributed by atoms with Crippen LogP contribution in [0.3, 0.4) is 0 Å². The molecule has 0 aromatic heterocycles. The Labute approximate surface area is 88.5 Å². The van der Waals surface area contributed by atoms with Crippen LogP contribution in [-0.2, 0) is 4.79 Å². The molecule has 0 saturated heterocycles. The van der Waals surface area contributed by atoms with E-state index in [1.54, 1.807) is 0 Å². The fraction of sp³-hybridized carbons (Fsp3) is 0.917. The molecule has 0 aliphatic rings. The van der Waals surface area contributed by atoms with Crippen molar-refractivity contribution in [3.8, 4) is 0 Å². The van der Waals surface area contributed by atoms with Gasteiger partial charge < -0.3 is 5.32 Å². The molecule has 0 atom stereocenters. The Balaban J connectivity index is 3.47. The number of hydrogen-bond acceptors (Lipinski definition) is 1. The van der Waals surface area contributed by atoms with Gasteiger partial charge in [0.05, 0.1) is 0 Å². The highest BCUT2D eigenvalue weighted by Gasteiger charge is 2.11. The summed E-state index contributed by atoms with van der Waals surface area (Å²) in [6, 6.07) is 0. The third-order valence-corrected chi connectivity index (χ3v) is 2.00. The summed E-state index contributed by atoms with van der Waals surface area (Å²) >= 11 is 0. The lowest BCUT2D eigenvalue weighted by Crippen LogP contribution is -2.32. The molecule has 0 aliphatic carbocycles. The van der Waals surface area contributed by atoms with Gasteiger partial charge in [-0.15, -0.1) is 0 Å². The highest BCUT2D eigenvalue weighted by molar-refractivity contribution is 5.75. The summed E-state index contributed by atoms with van der Waals surface area (Å²) in [7, 11) is 0. The number of carbonyl (C=O) groups is 1. The summed E-state index contributed by atoms with van der Waals surface area (Å²) in [5, 5.41) is 2.96. The van der Waals surface area contributed by atoms with Crippen molar-refractivity contribution in [1.82, 2.24) is 5.32 Å². The first-order valence-corrected chi connectivity index (χ1v) is 5.58. The highest BCUT2D eigenvalue weighted by Crippen LogP contribution is 2.11. The average molecular weight is 199 g/mol. The average Bonchev–Trinajstić information content (AvgIpc) is 1.99. The monoisotopic (exact) mass is 199 g/mol. The van der Waals surface area contributed by atoms with Crippen molar-refractivity contribution < 1.29 is 4.79 Å². The molecule has 0 aromatic rings. The molecular formula is C12H25NO. The molecule has 0 saturated carbocycles. The maximum atomic E-state index is 11.4. The number of rotatable bonds is 5. The Morgan fingerprint density at radius 1 is 1.29 bits per heavy atom. The maximum absolute atomic E-state index is 11.4. The largest absolute Gasteiger partial charge is 0.356 e. The predicted molar refractivity (Wildman–Crippen MR) is 61.2 cm³/mol. The Morgan fingerprint density at radius 3 is 2.29 bits per heavy atom. The molecule has 0 heterocycles. The van der Waals surface area contributed by atoms with Crippen LogP contribution in [0.4, 0.5) is 0 Å². The maximum Gasteiger partial charge on any atom is 0.220 e. The van der Waals surface area contributed by atoms with E-state index in [4.69, 9.17) is 0 Å². The fourth-order valence-electron chi connectivity index (χ4n) is 1.12. The van der Waals surface area contributed by atoms with Crippen molar-refractivity contribution in [3.63, 3.8) is 0 Å². The molecule has 0 radical (unpaired) electrons. The van der Waals surface area contributed by atoms with Gasteiger partial charge in [-0.2, -0.15) is 0 Å². The van der Waals surface area contributed by atoms with Gasteiger partial charge in [0.1, 0.15) is 0 Å². The van der Waals surface area contributed by atoms with E-state index < -0.39 is 0 Å². The van der Waals surface area contributed by atoms with E-state index in [1.165, 1.54) is 0 Å². The summed E-state index contributed by atoms with van der Waals surface area (Å²) in [5.74, 6) is 0.894. The minimum Gasteiger partial charge on any atom is -0.356 e. The van der Waals surface area contributed by atoms with E-state index in [1.807, 2.05) is 0 Å². The minimum absolute atomic E-state index is 0.188. The molecule has 0 unspecified atom stereocenters. The molecule has 2 heteroatoms. The molecule has 14 heavy (non-hydrogen) atoms. The fourth-order valence-corrected chi connectivity index (χ4v) is 1.12. The first kappa shape index (κ1) is 13.5. The quantitative estimate of drug-likeness (QED) is 0.724. The normalized spacial score (nSPS) is 11.9. The Hall–Kier alpha value is -0.530. The SMILES string of the molecule is CC(C)CCCC(=O)NCC(C)(C)C. The zero-order valence-electron chi connectivity index (χ0n) is 10.3. The van der Waals surface area contributed by atoms with Crippen LogP contribution in [0.25, 0.3) is 0 Å². The smallest absolute Gasteiger partial charge is 0.220 e. The van der Waals surface area contributed by atoms with Gasteiger partial charge in [0.15, 0.2) is 0 Å². The van der Waals surface area contributed by atoms with Gasteiger partial charge in [-0.05, 0) is 17.8 Å². The second-order valence-electron chi connectivity index (χ2n) is 5.62. The van der Waals surface area contributed by atoms with Crippen LogP contribution in [0.5, 0.6) is 0 Å². The van der Waals surface area contributed by atoms with E-state index in [0.29, 0.717) is 12.3 Å². The lowest BCUT2D eigenvalue weighted by molar-refractivity contribution is -0.121. The predicted octanol–water partition coefficient (Wildman–Crippen LogP) is 2.98. The van der Waals surface area contributed by atoms with Crippen molar-refractivity contribution in [1.29, 1.82) is 0 Å². The summed E-state index contributed by atoms with van der Waals surface area (Å²) in [6.07, 6.45) is 2.82. The highest BCUT2D eigenvalue weighted by atomic mass is 16.1. The molecule has 0 rings (SSSR count). The van der Waals surface area contributed by atoms with Gasteiger partial charge in [-0.3, -0.25) is 4.79 Å². The summed E-state index contributed by atoms with van der Waals surface area (Å²) in [5.41, 5.74) is 0.188. The van der Waals surface area contributed by atoms with Crippen molar-refractivity contribution in [2.45, 2.75) is 53.9 Å². The molecule has 1 N–H and O–H groups in total. The van der Waals surface area contributed by atoms with Crippen LogP contribution in [0.1, 0.15) is 53.9 Å². The lowest BCUT2D eigenvalue weighted by Gasteiger charge is -2.18. The number of carbonyl (C=O) groups excluding carboxylic acids is 1. The van der Waals surface area contributed by atoms with Crippen LogP contribution in [0.2, 0.25) is 0 Å². The summed E-state index contributed by atoms with van der Waals surface area (Å²) in [4.78, 5) is 11.4. The van der Waals surface area contributed by atoms with Crippen molar-refractivity contribution >= 4 is 5.91 Å². The Kier molecular flexibility index (Phi) is 5.82. The first-order valence-electron chi connectivity index (χ1n) is 5.58. The van der Waals surface area contributed by atoms with Crippen molar-refractivity contribution in [3.05, 3.63) is 0 Å². The van der Waals surface area contributed by atoms with Crippen LogP contribution in [0, 0.1) is 11.3 Å². The van der Waals surface area contributed by atoms with Crippen LogP contribution in [0.15, 0.2) is 0 Å². The van der Waals surface area contributed by atoms with E-state index in [-0.39, 0.29) is 11.3 Å². The van der Waals surface area contributed by atoms with Gasteiger partial charge in [0.2, 0.25) is 5.91 Å². The topological polar surface area (TPSA) is 29.1 Å². The second kappa shape index (κ2) is 6.05. The van der Waals surface area contributed by atoms with Crippen molar-refractivity contribution in [2.75, 3.05) is 6.54 Å². The number of hydrogen-bond donors (Lipinski definition) is 1. The van der Waals surface area contributed by atoms with Crippen molar-refractivity contribution in [2.24, 2.45) is 11.3 Å². The molecule has 84 valence electrons. The molecule has 2 nitrogen and oxygen atoms in total. The van der Waals surface area contributed by atoms with Gasteiger partial charge in [-0.1, -0.05) is 41.0 Å². The van der Waals surface area contributed by atoms with Gasteiger partial charge >= 0.3 is 0 Å². The van der Waals surface area contributed by atoms with E-state index in [0.717, 1.165) is 19.4 Å². The first-order chi connectivity index (χ1) is 6.31. The molecule has 1 amide bonds. The summed E-state index contributed by atoms with van der Waals surface area (Å²) in [6.45, 7) is 11.5. The van der Waals surface area contributed by atoms with Gasteiger partial charge in [0, 0.05) is 13.0 Å². The Morgan fingerprint density at radius 2 is 1.86 bits per heavy atom. The van der Waals surface area contributed by atoms with Crippen LogP contribution >= 0.6 is 0 Å². The molecule has 0 aliphatic heterocycles. The van der Waals surface area contributed by atoms with E-state index in [2.05, 4.69) is 39.9 Å². The van der Waals surface area contributed by atoms with Crippen LogP contribution in [-0.4, -0.2) is 12.5 Å². The molecule has 0 spiro atoms. The van der Waals surface area contributed by atoms with E-state index >= 15 is 0 Å². The molecule has 0 aromatic carbocycles. The second-order valence-corrected chi connectivity index (χ2v) is 5.62. The van der Waals surface area contributed by atoms with Gasteiger partial charge in [-0.25, -0.2) is 0 Å². The third-order valence-electron chi connectivity index (χ3n) is 2.00. The lowest BCUT2D eigenvalue weighted by atomic mass is 9.97. The minimum atomic E-state index is 0.188. The molecule has 0 bridgehead atoms. The number of amides is 1. The third kappa shape index (κ3) is 9.56. The Bertz CT molecular complexity index is 168. The molecule has 0 fully saturated rings. The van der Waals surface area contributed by atoms with E-state index in [9.17, 15) is 4.79 Å². The molecular weight excluding hydrogens is 174 g/mol. The zero-order chi connectivity index (χ0) is 11.2.